The van der Waals surface area contributed by atoms with Crippen molar-refractivity contribution in [1.82, 2.24) is 5.32 Å². The minimum Gasteiger partial charge on any atom is -0.481 e. The van der Waals surface area contributed by atoms with Gasteiger partial charge in [-0.2, -0.15) is 0 Å². The Morgan fingerprint density at radius 1 is 1.43 bits per heavy atom. The van der Waals surface area contributed by atoms with Crippen LogP contribution in [-0.2, 0) is 9.59 Å². The Kier molecular flexibility index (Phi) is 4.77. The van der Waals surface area contributed by atoms with E-state index in [0.717, 1.165) is 12.8 Å². The summed E-state index contributed by atoms with van der Waals surface area (Å²) in [7, 11) is 0. The Bertz CT molecular complexity index is 530. The van der Waals surface area contributed by atoms with E-state index in [9.17, 15) is 14.0 Å². The number of carbonyl (C=O) groups excluding carboxylic acids is 1. The van der Waals surface area contributed by atoms with Crippen LogP contribution < -0.4 is 10.1 Å². The lowest BCUT2D eigenvalue weighted by Gasteiger charge is -2.20. The van der Waals surface area contributed by atoms with E-state index in [0.29, 0.717) is 0 Å². The summed E-state index contributed by atoms with van der Waals surface area (Å²) in [6.45, 7) is 1.51. The number of halogens is 1. The first-order chi connectivity index (χ1) is 9.97. The molecular weight excluding hydrogens is 277 g/mol. The van der Waals surface area contributed by atoms with Crippen LogP contribution in [0.3, 0.4) is 0 Å². The number of hydrogen-bond acceptors (Lipinski definition) is 3. The van der Waals surface area contributed by atoms with E-state index in [-0.39, 0.29) is 24.1 Å². The van der Waals surface area contributed by atoms with Gasteiger partial charge in [-0.05, 0) is 37.8 Å². The van der Waals surface area contributed by atoms with Gasteiger partial charge in [0.05, 0.1) is 6.42 Å². The quantitative estimate of drug-likeness (QED) is 0.806. The van der Waals surface area contributed by atoms with Crippen LogP contribution >= 0.6 is 0 Å². The Hall–Kier alpha value is -2.11. The van der Waals surface area contributed by atoms with Crippen LogP contribution in [0, 0.1) is 11.7 Å². The highest BCUT2D eigenvalue weighted by Gasteiger charge is 2.34. The van der Waals surface area contributed by atoms with Crippen molar-refractivity contribution in [3.05, 3.63) is 30.1 Å². The highest BCUT2D eigenvalue weighted by molar-refractivity contribution is 5.81. The lowest BCUT2D eigenvalue weighted by atomic mass is 10.1. The van der Waals surface area contributed by atoms with Crippen LogP contribution in [0.1, 0.15) is 26.2 Å². The average molecular weight is 295 g/mol. The maximum absolute atomic E-state index is 13.5. The van der Waals surface area contributed by atoms with Crippen LogP contribution in [0.5, 0.6) is 5.75 Å². The number of carboxylic acid groups (broad SMARTS) is 1. The molecule has 0 aliphatic heterocycles. The van der Waals surface area contributed by atoms with E-state index in [2.05, 4.69) is 5.32 Å². The van der Waals surface area contributed by atoms with Gasteiger partial charge in [0.25, 0.3) is 5.91 Å². The molecular formula is C15H18FNO4. The molecule has 0 spiro atoms. The first-order valence-corrected chi connectivity index (χ1v) is 6.90. The van der Waals surface area contributed by atoms with Gasteiger partial charge in [0.15, 0.2) is 17.7 Å². The zero-order valence-corrected chi connectivity index (χ0v) is 11.7. The number of rotatable bonds is 7. The predicted octanol–water partition coefficient (Wildman–Crippen LogP) is 1.96. The van der Waals surface area contributed by atoms with Gasteiger partial charge >= 0.3 is 5.97 Å². The van der Waals surface area contributed by atoms with Crippen molar-refractivity contribution in [3.63, 3.8) is 0 Å². The lowest BCUT2D eigenvalue weighted by molar-refractivity contribution is -0.138. The molecule has 1 aliphatic rings. The van der Waals surface area contributed by atoms with Crippen molar-refractivity contribution in [2.75, 3.05) is 0 Å². The van der Waals surface area contributed by atoms with Gasteiger partial charge in [-0.1, -0.05) is 12.1 Å². The predicted molar refractivity (Wildman–Crippen MR) is 73.4 cm³/mol. The minimum atomic E-state index is -0.949. The smallest absolute Gasteiger partial charge is 0.305 e. The van der Waals surface area contributed by atoms with Crippen LogP contribution in [0.25, 0.3) is 0 Å². The molecule has 2 N–H and O–H groups in total. The number of carbonyl (C=O) groups is 2. The highest BCUT2D eigenvalue weighted by Crippen LogP contribution is 2.34. The van der Waals surface area contributed by atoms with Crippen LogP contribution in [0.15, 0.2) is 24.3 Å². The maximum Gasteiger partial charge on any atom is 0.305 e. The van der Waals surface area contributed by atoms with Gasteiger partial charge in [0.2, 0.25) is 0 Å². The third-order valence-corrected chi connectivity index (χ3v) is 3.42. The number of para-hydroxylation sites is 1. The van der Waals surface area contributed by atoms with Crippen LogP contribution in [0.4, 0.5) is 4.39 Å². The Balaban J connectivity index is 1.92. The molecule has 5 nitrogen and oxygen atoms in total. The summed E-state index contributed by atoms with van der Waals surface area (Å²) in [5.74, 6) is -1.71. The first-order valence-electron chi connectivity index (χ1n) is 6.90. The third kappa shape index (κ3) is 4.44. The SMILES string of the molecule is CC(Oc1ccccc1F)C(=O)NC(CC(=O)O)C1CC1. The Morgan fingerprint density at radius 3 is 2.67 bits per heavy atom. The van der Waals surface area contributed by atoms with Gasteiger partial charge in [-0.15, -0.1) is 0 Å². The van der Waals surface area contributed by atoms with Gasteiger partial charge in [0, 0.05) is 6.04 Å². The fourth-order valence-corrected chi connectivity index (χ4v) is 2.11. The van der Waals surface area contributed by atoms with Crippen molar-refractivity contribution in [2.45, 2.75) is 38.3 Å². The van der Waals surface area contributed by atoms with Crippen molar-refractivity contribution < 1.29 is 23.8 Å². The molecule has 0 radical (unpaired) electrons. The van der Waals surface area contributed by atoms with E-state index >= 15 is 0 Å². The molecule has 0 aromatic heterocycles. The van der Waals surface area contributed by atoms with Gasteiger partial charge < -0.3 is 15.2 Å². The molecule has 1 aliphatic carbocycles. The fraction of sp³-hybridized carbons (Fsp3) is 0.467. The second-order valence-electron chi connectivity index (χ2n) is 5.24. The summed E-state index contributed by atoms with van der Waals surface area (Å²) in [5.41, 5.74) is 0. The highest BCUT2D eigenvalue weighted by atomic mass is 19.1. The summed E-state index contributed by atoms with van der Waals surface area (Å²) in [4.78, 5) is 22.8. The number of aliphatic carboxylic acids is 1. The monoisotopic (exact) mass is 295 g/mol. The molecule has 2 atom stereocenters. The second kappa shape index (κ2) is 6.56. The fourth-order valence-electron chi connectivity index (χ4n) is 2.11. The van der Waals surface area contributed by atoms with E-state index in [1.165, 1.54) is 25.1 Å². The van der Waals surface area contributed by atoms with Crippen molar-refractivity contribution >= 4 is 11.9 Å². The van der Waals surface area contributed by atoms with Gasteiger partial charge in [-0.3, -0.25) is 9.59 Å². The number of ether oxygens (including phenoxy) is 1. The first kappa shape index (κ1) is 15.3. The number of hydrogen-bond donors (Lipinski definition) is 2. The molecule has 114 valence electrons. The summed E-state index contributed by atoms with van der Waals surface area (Å²) in [5, 5.41) is 11.5. The third-order valence-electron chi connectivity index (χ3n) is 3.42. The van der Waals surface area contributed by atoms with Crippen molar-refractivity contribution in [3.8, 4) is 5.75 Å². The molecule has 1 amide bonds. The number of benzene rings is 1. The number of nitrogens with one attached hydrogen (secondary N) is 1. The van der Waals surface area contributed by atoms with E-state index in [4.69, 9.17) is 9.84 Å². The standard InChI is InChI=1S/C15H18FNO4/c1-9(21-13-5-3-2-4-11(13)16)15(20)17-12(8-14(18)19)10-6-7-10/h2-5,9-10,12H,6-8H2,1H3,(H,17,20)(H,18,19). The second-order valence-corrected chi connectivity index (χ2v) is 5.24. The lowest BCUT2D eigenvalue weighted by Crippen LogP contribution is -2.44. The molecule has 1 aromatic rings. The van der Waals surface area contributed by atoms with Gasteiger partial charge in [0.1, 0.15) is 0 Å². The average Bonchev–Trinajstić information content (AvgIpc) is 3.24. The number of carboxylic acids is 1. The summed E-state index contributed by atoms with van der Waals surface area (Å²) in [6, 6.07) is 5.44. The number of amides is 1. The molecule has 2 unspecified atom stereocenters. The summed E-state index contributed by atoms with van der Waals surface area (Å²) < 4.78 is 18.7. The molecule has 2 rings (SSSR count). The van der Waals surface area contributed by atoms with Crippen molar-refractivity contribution in [1.29, 1.82) is 0 Å². The molecule has 6 heteroatoms. The van der Waals surface area contributed by atoms with E-state index < -0.39 is 23.8 Å². The molecule has 21 heavy (non-hydrogen) atoms. The molecule has 0 bridgehead atoms. The minimum absolute atomic E-state index is 0.00126. The molecule has 1 saturated carbocycles. The summed E-state index contributed by atoms with van der Waals surface area (Å²) >= 11 is 0. The van der Waals surface area contributed by atoms with Gasteiger partial charge in [-0.25, -0.2) is 4.39 Å². The Labute approximate surface area is 122 Å². The molecule has 1 fully saturated rings. The topological polar surface area (TPSA) is 75.6 Å². The van der Waals surface area contributed by atoms with Crippen LogP contribution in [-0.4, -0.2) is 29.1 Å². The Morgan fingerprint density at radius 2 is 2.10 bits per heavy atom. The summed E-state index contributed by atoms with van der Waals surface area (Å²) in [6.07, 6.45) is 0.835. The normalized spacial score (nSPS) is 16.9. The van der Waals surface area contributed by atoms with Crippen molar-refractivity contribution in [2.24, 2.45) is 5.92 Å². The van der Waals surface area contributed by atoms with E-state index in [1.54, 1.807) is 6.07 Å². The van der Waals surface area contributed by atoms with Crippen LogP contribution in [0.2, 0.25) is 0 Å². The molecule has 1 aromatic carbocycles. The zero-order valence-electron chi connectivity index (χ0n) is 11.7. The zero-order chi connectivity index (χ0) is 15.4. The molecule has 0 saturated heterocycles. The maximum atomic E-state index is 13.5. The molecule has 0 heterocycles. The largest absolute Gasteiger partial charge is 0.481 e. The van der Waals surface area contributed by atoms with E-state index in [1.807, 2.05) is 0 Å².